The molecule has 0 rings (SSSR count). The Hall–Kier alpha value is -0.220. The smallest absolute Gasteiger partial charge is 0.212 e. The van der Waals surface area contributed by atoms with Crippen LogP contribution in [-0.4, -0.2) is 39.5 Å². The molecule has 0 amide bonds. The highest BCUT2D eigenvalue weighted by molar-refractivity contribution is 7.90. The number of nitrogens with two attached hydrogens (primary N) is 2. The third-order valence-corrected chi connectivity index (χ3v) is 9.64. The Morgan fingerprint density at radius 1 is 0.724 bits per heavy atom. The fourth-order valence-corrected chi connectivity index (χ4v) is 6.63. The van der Waals surface area contributed by atoms with Crippen molar-refractivity contribution in [3.8, 4) is 0 Å². The van der Waals surface area contributed by atoms with Crippen molar-refractivity contribution in [2.24, 2.45) is 21.1 Å². The highest BCUT2D eigenvalue weighted by atomic mass is 32.2. The molecule has 0 aromatic heterocycles. The summed E-state index contributed by atoms with van der Waals surface area (Å²) >= 11 is 0. The maximum atomic E-state index is 12.4. The summed E-state index contributed by atoms with van der Waals surface area (Å²) in [4.78, 5) is 0. The lowest BCUT2D eigenvalue weighted by atomic mass is 9.77. The van der Waals surface area contributed by atoms with Gasteiger partial charge in [-0.15, -0.1) is 0 Å². The van der Waals surface area contributed by atoms with E-state index in [1.807, 2.05) is 48.5 Å². The zero-order chi connectivity index (χ0) is 23.3. The van der Waals surface area contributed by atoms with Gasteiger partial charge in [-0.25, -0.2) is 27.1 Å². The molecule has 176 valence electrons. The predicted molar refractivity (Wildman–Crippen MR) is 120 cm³/mol. The molecular weight excluding hydrogens is 412 g/mol. The summed E-state index contributed by atoms with van der Waals surface area (Å²) in [5.41, 5.74) is -1.47. The quantitative estimate of drug-likeness (QED) is 0.413. The first-order chi connectivity index (χ1) is 13.0. The maximum absolute atomic E-state index is 12.4. The first-order valence-corrected chi connectivity index (χ1v) is 13.9. The molecule has 9 heteroatoms. The van der Waals surface area contributed by atoms with Gasteiger partial charge in [-0.1, -0.05) is 67.7 Å². The van der Waals surface area contributed by atoms with Crippen LogP contribution in [0.25, 0.3) is 0 Å². The van der Waals surface area contributed by atoms with E-state index in [-0.39, 0.29) is 12.2 Å². The number of rotatable bonds is 14. The van der Waals surface area contributed by atoms with Gasteiger partial charge in [0, 0.05) is 10.8 Å². The lowest BCUT2D eigenvalue weighted by Gasteiger charge is -2.45. The molecular formula is C20H44N2O5S2. The van der Waals surface area contributed by atoms with Gasteiger partial charge in [-0.2, -0.15) is 0 Å². The van der Waals surface area contributed by atoms with E-state index < -0.39 is 41.4 Å². The summed E-state index contributed by atoms with van der Waals surface area (Å²) in [6.07, 6.45) is 3.28. The SMILES string of the molecule is CCCC(OC(CCC)C(C)(C)C(CCC)S(N)(=O)=O)C(C)(C)C(C)S(N)(=O)=O. The summed E-state index contributed by atoms with van der Waals surface area (Å²) in [5, 5.41) is 9.48. The minimum absolute atomic E-state index is 0.383. The molecule has 7 nitrogen and oxygen atoms in total. The highest BCUT2D eigenvalue weighted by Crippen LogP contribution is 2.41. The zero-order valence-corrected chi connectivity index (χ0v) is 21.2. The third-order valence-electron chi connectivity index (χ3n) is 6.41. The van der Waals surface area contributed by atoms with Gasteiger partial charge < -0.3 is 4.74 Å². The summed E-state index contributed by atoms with van der Waals surface area (Å²) in [5.74, 6) is 0. The van der Waals surface area contributed by atoms with Crippen LogP contribution in [0.1, 0.15) is 93.9 Å². The number of hydrogen-bond acceptors (Lipinski definition) is 5. The van der Waals surface area contributed by atoms with Crippen LogP contribution in [0, 0.1) is 10.8 Å². The number of sulfonamides is 2. The van der Waals surface area contributed by atoms with Crippen LogP contribution in [0.3, 0.4) is 0 Å². The molecule has 29 heavy (non-hydrogen) atoms. The van der Waals surface area contributed by atoms with Crippen molar-refractivity contribution >= 4 is 20.0 Å². The minimum Gasteiger partial charge on any atom is -0.374 e. The van der Waals surface area contributed by atoms with E-state index in [4.69, 9.17) is 15.0 Å². The van der Waals surface area contributed by atoms with Crippen molar-refractivity contribution in [2.45, 2.75) is 117 Å². The average Bonchev–Trinajstić information content (AvgIpc) is 2.55. The first kappa shape index (κ1) is 28.8. The topological polar surface area (TPSA) is 130 Å². The molecule has 0 aromatic carbocycles. The average molecular weight is 457 g/mol. The van der Waals surface area contributed by atoms with E-state index in [1.165, 1.54) is 0 Å². The van der Waals surface area contributed by atoms with E-state index in [9.17, 15) is 16.8 Å². The Morgan fingerprint density at radius 2 is 1.10 bits per heavy atom. The lowest BCUT2D eigenvalue weighted by Crippen LogP contribution is -2.53. The summed E-state index contributed by atoms with van der Waals surface area (Å²) < 4.78 is 55.4. The van der Waals surface area contributed by atoms with Crippen LogP contribution in [0.15, 0.2) is 0 Å². The molecule has 0 heterocycles. The summed E-state index contributed by atoms with van der Waals surface area (Å²) in [7, 11) is -7.52. The second-order valence-corrected chi connectivity index (χ2v) is 13.1. The van der Waals surface area contributed by atoms with Crippen molar-refractivity contribution in [3.05, 3.63) is 0 Å². The lowest BCUT2D eigenvalue weighted by molar-refractivity contribution is -0.122. The molecule has 0 aromatic rings. The summed E-state index contributed by atoms with van der Waals surface area (Å²) in [6.45, 7) is 15.0. The molecule has 0 spiro atoms. The van der Waals surface area contributed by atoms with Crippen LogP contribution < -0.4 is 10.3 Å². The molecule has 0 bridgehead atoms. The fourth-order valence-electron chi connectivity index (χ4n) is 4.07. The van der Waals surface area contributed by atoms with Crippen LogP contribution in [-0.2, 0) is 24.8 Å². The molecule has 0 aliphatic carbocycles. The van der Waals surface area contributed by atoms with Gasteiger partial charge in [0.2, 0.25) is 20.0 Å². The van der Waals surface area contributed by atoms with E-state index in [2.05, 4.69) is 0 Å². The van der Waals surface area contributed by atoms with Gasteiger partial charge in [0.1, 0.15) is 0 Å². The summed E-state index contributed by atoms with van der Waals surface area (Å²) in [6, 6.07) is 0. The second-order valence-electron chi connectivity index (χ2n) is 9.43. The minimum atomic E-state index is -3.77. The van der Waals surface area contributed by atoms with E-state index in [0.717, 1.165) is 12.8 Å². The first-order valence-electron chi connectivity index (χ1n) is 10.7. The number of hydrogen-bond donors (Lipinski definition) is 2. The molecule has 4 unspecified atom stereocenters. The highest BCUT2D eigenvalue weighted by Gasteiger charge is 2.47. The van der Waals surface area contributed by atoms with Crippen LogP contribution in [0.4, 0.5) is 0 Å². The van der Waals surface area contributed by atoms with Crippen LogP contribution in [0.5, 0.6) is 0 Å². The van der Waals surface area contributed by atoms with Gasteiger partial charge in [0.15, 0.2) is 0 Å². The van der Waals surface area contributed by atoms with Crippen molar-refractivity contribution in [1.29, 1.82) is 0 Å². The van der Waals surface area contributed by atoms with Crippen molar-refractivity contribution in [2.75, 3.05) is 0 Å². The maximum Gasteiger partial charge on any atom is 0.212 e. The number of primary sulfonamides is 2. The van der Waals surface area contributed by atoms with E-state index >= 15 is 0 Å². The molecule has 4 N–H and O–H groups in total. The normalized spacial score (nSPS) is 18.3. The molecule has 0 aliphatic rings. The predicted octanol–water partition coefficient (Wildman–Crippen LogP) is 3.53. The zero-order valence-electron chi connectivity index (χ0n) is 19.6. The van der Waals surface area contributed by atoms with Gasteiger partial charge >= 0.3 is 0 Å². The molecule has 0 radical (unpaired) electrons. The molecule has 0 aliphatic heterocycles. The Labute approximate surface area is 179 Å². The Bertz CT molecular complexity index is 702. The van der Waals surface area contributed by atoms with Crippen molar-refractivity contribution < 1.29 is 21.6 Å². The van der Waals surface area contributed by atoms with E-state index in [0.29, 0.717) is 25.7 Å². The van der Waals surface area contributed by atoms with Gasteiger partial charge in [-0.05, 0) is 26.2 Å². The monoisotopic (exact) mass is 456 g/mol. The number of ether oxygens (including phenoxy) is 1. The fraction of sp³-hybridized carbons (Fsp3) is 1.00. The molecule has 0 saturated heterocycles. The Balaban J connectivity index is 6.13. The van der Waals surface area contributed by atoms with Crippen LogP contribution in [0.2, 0.25) is 0 Å². The van der Waals surface area contributed by atoms with Gasteiger partial charge in [0.05, 0.1) is 22.7 Å². The van der Waals surface area contributed by atoms with Crippen LogP contribution >= 0.6 is 0 Å². The van der Waals surface area contributed by atoms with Gasteiger partial charge in [0.25, 0.3) is 0 Å². The van der Waals surface area contributed by atoms with Crippen molar-refractivity contribution in [1.82, 2.24) is 0 Å². The Kier molecular flexibility index (Phi) is 10.8. The molecule has 0 saturated carbocycles. The third kappa shape index (κ3) is 7.76. The second kappa shape index (κ2) is 10.9. The van der Waals surface area contributed by atoms with E-state index in [1.54, 1.807) is 6.92 Å². The largest absolute Gasteiger partial charge is 0.374 e. The molecule has 0 fully saturated rings. The van der Waals surface area contributed by atoms with Crippen molar-refractivity contribution in [3.63, 3.8) is 0 Å². The Morgan fingerprint density at radius 3 is 1.41 bits per heavy atom. The molecule has 4 atom stereocenters. The van der Waals surface area contributed by atoms with Gasteiger partial charge in [-0.3, -0.25) is 0 Å². The standard InChI is InChI=1S/C20H44N2O5S2/c1-9-12-16(19(5,6)15(4)28(21,23)24)27-17(13-10-2)20(7,8)18(14-11-3)29(22,25)26/h15-18H,9-14H2,1-8H3,(H2,21,23,24)(H2,22,25,26).